The van der Waals surface area contributed by atoms with E-state index in [0.717, 1.165) is 5.56 Å². The summed E-state index contributed by atoms with van der Waals surface area (Å²) < 4.78 is 4.63. The van der Waals surface area contributed by atoms with Crippen LogP contribution in [0, 0.1) is 5.41 Å². The molecule has 3 rings (SSSR count). The maximum atomic E-state index is 12.0. The van der Waals surface area contributed by atoms with Gasteiger partial charge in [0.25, 0.3) is 0 Å². The molecule has 1 aliphatic heterocycles. The fourth-order valence-electron chi connectivity index (χ4n) is 2.87. The molecule has 0 aliphatic carbocycles. The molecule has 27 heavy (non-hydrogen) atoms. The molecule has 0 saturated carbocycles. The Kier molecular flexibility index (Phi) is 5.30. The maximum Gasteiger partial charge on any atom is 0.318 e. The number of urea groups is 1. The summed E-state index contributed by atoms with van der Waals surface area (Å²) in [7, 11) is 1.32. The summed E-state index contributed by atoms with van der Waals surface area (Å²) in [5.41, 5.74) is 8.26. The minimum atomic E-state index is -0.371. The molecule has 9 nitrogen and oxygen atoms in total. The summed E-state index contributed by atoms with van der Waals surface area (Å²) in [6.45, 7) is 0.653. The van der Waals surface area contributed by atoms with Gasteiger partial charge in [-0.05, 0) is 12.1 Å². The predicted octanol–water partition coefficient (Wildman–Crippen LogP) is 1.06. The molecule has 1 saturated heterocycles. The number of carbonyl (C=O) groups excluding carboxylic acids is 2. The summed E-state index contributed by atoms with van der Waals surface area (Å²) in [5.74, 6) is -0.364. The fourth-order valence-corrected chi connectivity index (χ4v) is 2.87. The average molecular weight is 368 g/mol. The molecule has 1 atom stereocenters. The molecule has 4 N–H and O–H groups in total. The Morgan fingerprint density at radius 1 is 1.30 bits per heavy atom. The van der Waals surface area contributed by atoms with Crippen molar-refractivity contribution in [1.29, 1.82) is 5.41 Å². The first-order valence-electron chi connectivity index (χ1n) is 8.39. The molecule has 0 spiro atoms. The average Bonchev–Trinajstić information content (AvgIpc) is 3.06. The molecule has 0 bridgehead atoms. The molecule has 2 aromatic rings. The largest absolute Gasteiger partial charge is 0.469 e. The Morgan fingerprint density at radius 3 is 2.63 bits per heavy atom. The van der Waals surface area contributed by atoms with Gasteiger partial charge in [0.1, 0.15) is 5.84 Å². The lowest BCUT2D eigenvalue weighted by molar-refractivity contribution is -0.140. The number of nitrogens with one attached hydrogen (secondary N) is 2. The Morgan fingerprint density at radius 2 is 2.04 bits per heavy atom. The smallest absolute Gasteiger partial charge is 0.318 e. The number of hydrogen-bond acceptors (Lipinski definition) is 6. The lowest BCUT2D eigenvalue weighted by atomic mass is 10.1. The highest BCUT2D eigenvalue weighted by molar-refractivity contribution is 5.95. The van der Waals surface area contributed by atoms with E-state index in [-0.39, 0.29) is 36.8 Å². The van der Waals surface area contributed by atoms with E-state index in [0.29, 0.717) is 23.5 Å². The van der Waals surface area contributed by atoms with Crippen LogP contribution in [0.4, 0.5) is 4.79 Å². The molecule has 1 fully saturated rings. The van der Waals surface area contributed by atoms with Gasteiger partial charge in [-0.25, -0.2) is 4.79 Å². The molecule has 0 radical (unpaired) electrons. The van der Waals surface area contributed by atoms with E-state index in [4.69, 9.17) is 11.1 Å². The van der Waals surface area contributed by atoms with Crippen molar-refractivity contribution in [1.82, 2.24) is 20.4 Å². The van der Waals surface area contributed by atoms with Crippen LogP contribution in [0.3, 0.4) is 0 Å². The predicted molar refractivity (Wildman–Crippen MR) is 98.0 cm³/mol. The SMILES string of the molecule is COC(=O)CCN1C(=O)NCC1c1ccc(-c2ccc(C(=N)N)cc2)nn1. The van der Waals surface area contributed by atoms with E-state index < -0.39 is 0 Å². The number of ether oxygens (including phenoxy) is 1. The van der Waals surface area contributed by atoms with Gasteiger partial charge < -0.3 is 20.7 Å². The van der Waals surface area contributed by atoms with Crippen LogP contribution in [0.5, 0.6) is 0 Å². The highest BCUT2D eigenvalue weighted by Crippen LogP contribution is 2.24. The topological polar surface area (TPSA) is 134 Å². The quantitative estimate of drug-likeness (QED) is 0.396. The summed E-state index contributed by atoms with van der Waals surface area (Å²) >= 11 is 0. The second-order valence-electron chi connectivity index (χ2n) is 6.06. The van der Waals surface area contributed by atoms with Crippen molar-refractivity contribution in [3.8, 4) is 11.3 Å². The normalized spacial score (nSPS) is 16.1. The van der Waals surface area contributed by atoms with Crippen LogP contribution in [0.2, 0.25) is 0 Å². The first-order chi connectivity index (χ1) is 13.0. The van der Waals surface area contributed by atoms with E-state index in [2.05, 4.69) is 20.3 Å². The van der Waals surface area contributed by atoms with E-state index >= 15 is 0 Å². The summed E-state index contributed by atoms with van der Waals surface area (Å²) in [4.78, 5) is 24.9. The minimum absolute atomic E-state index is 0.00780. The Bertz CT molecular complexity index is 850. The van der Waals surface area contributed by atoms with Gasteiger partial charge in [0.2, 0.25) is 0 Å². The van der Waals surface area contributed by atoms with Gasteiger partial charge in [-0.1, -0.05) is 24.3 Å². The van der Waals surface area contributed by atoms with Crippen LogP contribution >= 0.6 is 0 Å². The van der Waals surface area contributed by atoms with E-state index in [1.165, 1.54) is 7.11 Å². The van der Waals surface area contributed by atoms with Gasteiger partial charge >= 0.3 is 12.0 Å². The highest BCUT2D eigenvalue weighted by atomic mass is 16.5. The van der Waals surface area contributed by atoms with Crippen molar-refractivity contribution >= 4 is 17.8 Å². The van der Waals surface area contributed by atoms with Crippen molar-refractivity contribution in [2.24, 2.45) is 5.73 Å². The molecular formula is C18H20N6O3. The van der Waals surface area contributed by atoms with Crippen LogP contribution in [0.25, 0.3) is 11.3 Å². The molecule has 1 aromatic heterocycles. The first-order valence-corrected chi connectivity index (χ1v) is 8.39. The van der Waals surface area contributed by atoms with E-state index in [1.807, 2.05) is 24.3 Å². The number of benzene rings is 1. The summed E-state index contributed by atoms with van der Waals surface area (Å²) in [6, 6.07) is 10.3. The van der Waals surface area contributed by atoms with E-state index in [1.54, 1.807) is 17.0 Å². The Balaban J connectivity index is 1.74. The number of amidine groups is 1. The summed E-state index contributed by atoms with van der Waals surface area (Å²) in [6.07, 6.45) is 0.119. The van der Waals surface area contributed by atoms with Crippen LogP contribution in [-0.4, -0.2) is 53.1 Å². The number of rotatable bonds is 6. The standard InChI is InChI=1S/C18H20N6O3/c1-27-16(25)8-9-24-15(10-21-18(24)26)14-7-6-13(22-23-14)11-2-4-12(5-3-11)17(19)20/h2-7,15H,8-10H2,1H3,(H3,19,20)(H,21,26). The van der Waals surface area contributed by atoms with Gasteiger partial charge in [0, 0.05) is 24.2 Å². The summed E-state index contributed by atoms with van der Waals surface area (Å²) in [5, 5.41) is 18.7. The number of hydrogen-bond donors (Lipinski definition) is 3. The number of amides is 2. The van der Waals surface area contributed by atoms with Crippen molar-refractivity contribution in [3.63, 3.8) is 0 Å². The van der Waals surface area contributed by atoms with Gasteiger partial charge in [0.15, 0.2) is 0 Å². The van der Waals surface area contributed by atoms with Gasteiger partial charge in [0.05, 0.1) is 31.0 Å². The van der Waals surface area contributed by atoms with E-state index in [9.17, 15) is 9.59 Å². The number of nitrogens with two attached hydrogens (primary N) is 1. The number of nitrogen functional groups attached to an aromatic ring is 1. The monoisotopic (exact) mass is 368 g/mol. The van der Waals surface area contributed by atoms with Gasteiger partial charge in [-0.3, -0.25) is 10.2 Å². The second kappa shape index (κ2) is 7.81. The zero-order valence-corrected chi connectivity index (χ0v) is 14.8. The van der Waals surface area contributed by atoms with Crippen molar-refractivity contribution in [3.05, 3.63) is 47.7 Å². The maximum absolute atomic E-state index is 12.0. The molecule has 1 aromatic carbocycles. The third-order valence-corrected chi connectivity index (χ3v) is 4.39. The molecular weight excluding hydrogens is 348 g/mol. The molecule has 140 valence electrons. The van der Waals surface area contributed by atoms with Crippen molar-refractivity contribution in [2.75, 3.05) is 20.2 Å². The number of methoxy groups -OCH3 is 1. The van der Waals surface area contributed by atoms with Crippen LogP contribution in [-0.2, 0) is 9.53 Å². The molecule has 1 aliphatic rings. The lowest BCUT2D eigenvalue weighted by Gasteiger charge is -2.21. The Labute approximate surface area is 156 Å². The number of nitrogens with zero attached hydrogens (tertiary/aromatic N) is 3. The molecule has 2 heterocycles. The minimum Gasteiger partial charge on any atom is -0.469 e. The van der Waals surface area contributed by atoms with Crippen molar-refractivity contribution < 1.29 is 14.3 Å². The number of carbonyl (C=O) groups is 2. The first kappa shape index (κ1) is 18.3. The fraction of sp³-hybridized carbons (Fsp3) is 0.278. The van der Waals surface area contributed by atoms with Crippen LogP contribution in [0.15, 0.2) is 36.4 Å². The van der Waals surface area contributed by atoms with Crippen LogP contribution < -0.4 is 11.1 Å². The molecule has 9 heteroatoms. The Hall–Kier alpha value is -3.49. The van der Waals surface area contributed by atoms with Gasteiger partial charge in [-0.15, -0.1) is 0 Å². The zero-order valence-electron chi connectivity index (χ0n) is 14.8. The number of esters is 1. The molecule has 1 unspecified atom stereocenters. The highest BCUT2D eigenvalue weighted by Gasteiger charge is 2.33. The third-order valence-electron chi connectivity index (χ3n) is 4.39. The number of aromatic nitrogens is 2. The lowest BCUT2D eigenvalue weighted by Crippen LogP contribution is -2.32. The molecule has 2 amide bonds. The van der Waals surface area contributed by atoms with Crippen molar-refractivity contribution in [2.45, 2.75) is 12.5 Å². The zero-order chi connectivity index (χ0) is 19.4. The second-order valence-corrected chi connectivity index (χ2v) is 6.06. The third kappa shape index (κ3) is 4.02. The van der Waals surface area contributed by atoms with Crippen LogP contribution in [0.1, 0.15) is 23.7 Å². The van der Waals surface area contributed by atoms with Gasteiger partial charge in [-0.2, -0.15) is 10.2 Å².